The second-order valence-electron chi connectivity index (χ2n) is 4.12. The molecule has 0 aromatic heterocycles. The molecule has 1 aromatic rings. The van der Waals surface area contributed by atoms with Crippen LogP contribution in [0.3, 0.4) is 0 Å². The Hall–Kier alpha value is -1.30. The number of aliphatic hydroxyl groups is 1. The number of carbonyl (C=O) groups is 1. The molecule has 19 heavy (non-hydrogen) atoms. The maximum absolute atomic E-state index is 11.5. The predicted molar refractivity (Wildman–Crippen MR) is 75.9 cm³/mol. The van der Waals surface area contributed by atoms with Crippen LogP contribution in [-0.4, -0.2) is 47.9 Å². The minimum absolute atomic E-state index is 0.285. The van der Waals surface area contributed by atoms with Crippen LogP contribution in [0.5, 0.6) is 0 Å². The van der Waals surface area contributed by atoms with E-state index in [4.69, 9.17) is 34.0 Å². The van der Waals surface area contributed by atoms with Crippen molar-refractivity contribution in [3.63, 3.8) is 0 Å². The molecule has 102 valence electrons. The van der Waals surface area contributed by atoms with Gasteiger partial charge in [-0.2, -0.15) is 0 Å². The van der Waals surface area contributed by atoms with E-state index in [1.54, 1.807) is 12.1 Å². The zero-order valence-corrected chi connectivity index (χ0v) is 11.6. The van der Waals surface area contributed by atoms with Crippen LogP contribution in [0.4, 0.5) is 5.69 Å². The molecule has 0 unspecified atom stereocenters. The van der Waals surface area contributed by atoms with E-state index in [2.05, 4.69) is 4.99 Å². The van der Waals surface area contributed by atoms with Gasteiger partial charge in [0, 0.05) is 12.1 Å². The first-order valence-corrected chi connectivity index (χ1v) is 6.46. The topological polar surface area (TPSA) is 78.9 Å². The van der Waals surface area contributed by atoms with Crippen molar-refractivity contribution in [1.29, 1.82) is 0 Å². The molecule has 2 rings (SSSR count). The number of halogens is 2. The van der Waals surface area contributed by atoms with E-state index in [9.17, 15) is 4.79 Å². The Labute approximate surface area is 120 Å². The number of nitrogen functional groups attached to an aromatic ring is 1. The van der Waals surface area contributed by atoms with Gasteiger partial charge in [-0.15, -0.1) is 0 Å². The van der Waals surface area contributed by atoms with Crippen LogP contribution >= 0.6 is 23.2 Å². The first-order valence-electron chi connectivity index (χ1n) is 5.70. The third-order valence-electron chi connectivity index (χ3n) is 2.94. The van der Waals surface area contributed by atoms with Gasteiger partial charge in [-0.25, -0.2) is 0 Å². The van der Waals surface area contributed by atoms with Gasteiger partial charge in [0.15, 0.2) is 0 Å². The van der Waals surface area contributed by atoms with Gasteiger partial charge in [-0.05, 0) is 12.1 Å². The van der Waals surface area contributed by atoms with Gasteiger partial charge in [0.1, 0.15) is 6.61 Å². The van der Waals surface area contributed by atoms with Crippen molar-refractivity contribution >= 4 is 40.5 Å². The molecule has 3 N–H and O–H groups in total. The molecule has 0 radical (unpaired) electrons. The van der Waals surface area contributed by atoms with Crippen molar-refractivity contribution in [3.8, 4) is 0 Å². The van der Waals surface area contributed by atoms with Gasteiger partial charge in [0.2, 0.25) is 5.91 Å². The summed E-state index contributed by atoms with van der Waals surface area (Å²) in [6.07, 6.45) is 0. The Morgan fingerprint density at radius 2 is 2.21 bits per heavy atom. The van der Waals surface area contributed by atoms with E-state index < -0.39 is 6.61 Å². The molecule has 0 saturated carbocycles. The van der Waals surface area contributed by atoms with Gasteiger partial charge in [0.25, 0.3) is 0 Å². The molecule has 7 heteroatoms. The summed E-state index contributed by atoms with van der Waals surface area (Å²) in [5.74, 6) is -0.328. The SMILES string of the molecule is Nc1c(C2=NCCN(C(=O)CO)C2)ccc(Cl)c1Cl. The molecule has 1 amide bonds. The number of carbonyl (C=O) groups excluding carboxylic acids is 1. The average Bonchev–Trinajstić information content (AvgIpc) is 2.44. The highest BCUT2D eigenvalue weighted by molar-refractivity contribution is 6.44. The zero-order valence-electron chi connectivity index (χ0n) is 10.1. The fourth-order valence-electron chi connectivity index (χ4n) is 1.92. The largest absolute Gasteiger partial charge is 0.397 e. The number of hydrogen-bond donors (Lipinski definition) is 2. The predicted octanol–water partition coefficient (Wildman–Crippen LogP) is 1.20. The number of hydrogen-bond acceptors (Lipinski definition) is 4. The minimum atomic E-state index is -0.510. The summed E-state index contributed by atoms with van der Waals surface area (Å²) < 4.78 is 0. The van der Waals surface area contributed by atoms with Crippen molar-refractivity contribution in [2.75, 3.05) is 32.0 Å². The number of benzene rings is 1. The number of anilines is 1. The lowest BCUT2D eigenvalue weighted by molar-refractivity contribution is -0.133. The molecule has 0 saturated heterocycles. The third-order valence-corrected chi connectivity index (χ3v) is 3.76. The Morgan fingerprint density at radius 1 is 1.47 bits per heavy atom. The van der Waals surface area contributed by atoms with Gasteiger partial charge >= 0.3 is 0 Å². The quantitative estimate of drug-likeness (QED) is 0.806. The van der Waals surface area contributed by atoms with Gasteiger partial charge in [0.05, 0.1) is 34.5 Å². The number of amides is 1. The van der Waals surface area contributed by atoms with Crippen molar-refractivity contribution < 1.29 is 9.90 Å². The number of aliphatic hydroxyl groups excluding tert-OH is 1. The van der Waals surface area contributed by atoms with E-state index in [1.807, 2.05) is 0 Å². The standard InChI is InChI=1S/C12H13Cl2N3O2/c13-8-2-1-7(12(15)11(8)14)9-5-17(4-3-16-9)10(19)6-18/h1-2,18H,3-6,15H2. The molecule has 0 spiro atoms. The molecule has 0 aliphatic carbocycles. The molecule has 5 nitrogen and oxygen atoms in total. The molecule has 1 heterocycles. The molecule has 0 atom stereocenters. The summed E-state index contributed by atoms with van der Waals surface area (Å²) in [6, 6.07) is 3.38. The fraction of sp³-hybridized carbons (Fsp3) is 0.333. The van der Waals surface area contributed by atoms with Crippen molar-refractivity contribution in [3.05, 3.63) is 27.7 Å². The zero-order chi connectivity index (χ0) is 14.0. The number of nitrogens with zero attached hydrogens (tertiary/aromatic N) is 2. The van der Waals surface area contributed by atoms with Crippen molar-refractivity contribution in [1.82, 2.24) is 4.90 Å². The van der Waals surface area contributed by atoms with Crippen LogP contribution in [0.25, 0.3) is 0 Å². The lowest BCUT2D eigenvalue weighted by Crippen LogP contribution is -2.42. The van der Waals surface area contributed by atoms with Crippen LogP contribution in [0, 0.1) is 0 Å². The fourth-order valence-corrected chi connectivity index (χ4v) is 2.25. The average molecular weight is 302 g/mol. The maximum atomic E-state index is 11.5. The van der Waals surface area contributed by atoms with E-state index in [-0.39, 0.29) is 10.9 Å². The Morgan fingerprint density at radius 3 is 2.89 bits per heavy atom. The lowest BCUT2D eigenvalue weighted by atomic mass is 10.1. The molecule has 0 fully saturated rings. The summed E-state index contributed by atoms with van der Waals surface area (Å²) in [5.41, 5.74) is 7.61. The first kappa shape index (κ1) is 14.1. The third kappa shape index (κ3) is 2.83. The first-order chi connectivity index (χ1) is 9.04. The number of aliphatic imine (C=N–C) groups is 1. The highest BCUT2D eigenvalue weighted by Gasteiger charge is 2.21. The maximum Gasteiger partial charge on any atom is 0.248 e. The van der Waals surface area contributed by atoms with E-state index in [0.717, 1.165) is 0 Å². The Balaban J connectivity index is 2.30. The molecule has 0 bridgehead atoms. The smallest absolute Gasteiger partial charge is 0.248 e. The highest BCUT2D eigenvalue weighted by Crippen LogP contribution is 2.31. The van der Waals surface area contributed by atoms with Gasteiger partial charge in [-0.3, -0.25) is 9.79 Å². The molecular formula is C12H13Cl2N3O2. The summed E-state index contributed by atoms with van der Waals surface area (Å²) in [4.78, 5) is 17.4. The Kier molecular flexibility index (Phi) is 4.29. The van der Waals surface area contributed by atoms with Gasteiger partial charge in [-0.1, -0.05) is 23.2 Å². The van der Waals surface area contributed by atoms with Crippen molar-refractivity contribution in [2.45, 2.75) is 0 Å². The van der Waals surface area contributed by atoms with E-state index >= 15 is 0 Å². The number of rotatable bonds is 2. The lowest BCUT2D eigenvalue weighted by Gasteiger charge is -2.26. The monoisotopic (exact) mass is 301 g/mol. The summed E-state index contributed by atoms with van der Waals surface area (Å²) in [5, 5.41) is 9.55. The van der Waals surface area contributed by atoms with E-state index in [1.165, 1.54) is 4.90 Å². The Bertz CT molecular complexity index is 546. The van der Waals surface area contributed by atoms with Crippen molar-refractivity contribution in [2.24, 2.45) is 4.99 Å². The van der Waals surface area contributed by atoms with Crippen LogP contribution in [0.15, 0.2) is 17.1 Å². The minimum Gasteiger partial charge on any atom is -0.397 e. The summed E-state index contributed by atoms with van der Waals surface area (Å²) in [6.45, 7) is 0.760. The van der Waals surface area contributed by atoms with Crippen LogP contribution in [0.1, 0.15) is 5.56 Å². The second kappa shape index (κ2) is 5.77. The van der Waals surface area contributed by atoms with Crippen LogP contribution in [-0.2, 0) is 4.79 Å². The molecule has 1 aliphatic heterocycles. The van der Waals surface area contributed by atoms with E-state index in [0.29, 0.717) is 41.6 Å². The molecule has 1 aliphatic rings. The highest BCUT2D eigenvalue weighted by atomic mass is 35.5. The summed E-state index contributed by atoms with van der Waals surface area (Å²) >= 11 is 11.9. The molecule has 1 aromatic carbocycles. The second-order valence-corrected chi connectivity index (χ2v) is 4.91. The summed E-state index contributed by atoms with van der Waals surface area (Å²) in [7, 11) is 0. The van der Waals surface area contributed by atoms with Crippen LogP contribution in [0.2, 0.25) is 10.0 Å². The molecular weight excluding hydrogens is 289 g/mol. The number of nitrogens with two attached hydrogens (primary N) is 1. The van der Waals surface area contributed by atoms with Crippen LogP contribution < -0.4 is 5.73 Å². The normalized spacial score (nSPS) is 15.3. The van der Waals surface area contributed by atoms with Gasteiger partial charge < -0.3 is 15.7 Å².